The quantitative estimate of drug-likeness (QED) is 0.693. The Morgan fingerprint density at radius 1 is 0.964 bits per heavy atom. The second-order valence-electron chi connectivity index (χ2n) is 7.53. The van der Waals surface area contributed by atoms with E-state index in [-0.39, 0.29) is 0 Å². The molecule has 0 unspecified atom stereocenters. The predicted molar refractivity (Wildman–Crippen MR) is 108 cm³/mol. The average molecular weight is 383 g/mol. The summed E-state index contributed by atoms with van der Waals surface area (Å²) >= 11 is 0. The highest BCUT2D eigenvalue weighted by molar-refractivity contribution is 5.43. The van der Waals surface area contributed by atoms with E-state index in [2.05, 4.69) is 35.2 Å². The number of ether oxygens (including phenoxy) is 4. The molecule has 2 heterocycles. The second kappa shape index (κ2) is 8.84. The van der Waals surface area contributed by atoms with E-state index in [4.69, 9.17) is 18.9 Å². The van der Waals surface area contributed by atoms with Gasteiger partial charge < -0.3 is 18.9 Å². The van der Waals surface area contributed by atoms with E-state index in [9.17, 15) is 0 Å². The Hall–Kier alpha value is -2.24. The van der Waals surface area contributed by atoms with Gasteiger partial charge in [0.15, 0.2) is 11.5 Å². The van der Waals surface area contributed by atoms with E-state index < -0.39 is 0 Å². The molecule has 1 saturated heterocycles. The monoisotopic (exact) mass is 383 g/mol. The van der Waals surface area contributed by atoms with Crippen molar-refractivity contribution in [1.82, 2.24) is 4.90 Å². The summed E-state index contributed by atoms with van der Waals surface area (Å²) in [5, 5.41) is 0. The highest BCUT2D eigenvalue weighted by Gasteiger charge is 2.21. The van der Waals surface area contributed by atoms with Crippen LogP contribution in [-0.2, 0) is 24.2 Å². The maximum absolute atomic E-state index is 5.91. The van der Waals surface area contributed by atoms with Crippen LogP contribution < -0.4 is 14.2 Å². The standard InChI is InChI=1S/C23H29NO4/c1-25-22-8-6-18(13-23(22)26-2)15-24(16-20-4-3-10-27-20)14-17-5-7-21-19(12-17)9-11-28-21/h5-8,12-13,20H,3-4,9-11,14-16H2,1-2H3/t20-/m1/s1. The topological polar surface area (TPSA) is 40.2 Å². The van der Waals surface area contributed by atoms with E-state index >= 15 is 0 Å². The van der Waals surface area contributed by atoms with Gasteiger partial charge in [0.25, 0.3) is 0 Å². The van der Waals surface area contributed by atoms with Crippen LogP contribution in [0.25, 0.3) is 0 Å². The zero-order chi connectivity index (χ0) is 19.3. The second-order valence-corrected chi connectivity index (χ2v) is 7.53. The van der Waals surface area contributed by atoms with Crippen molar-refractivity contribution in [3.63, 3.8) is 0 Å². The average Bonchev–Trinajstić information content (AvgIpc) is 3.39. The van der Waals surface area contributed by atoms with Crippen LogP contribution in [0.1, 0.15) is 29.5 Å². The zero-order valence-corrected chi connectivity index (χ0v) is 16.8. The molecule has 1 atom stereocenters. The van der Waals surface area contributed by atoms with Crippen LogP contribution in [0.2, 0.25) is 0 Å². The number of hydrogen-bond acceptors (Lipinski definition) is 5. The molecule has 2 aromatic carbocycles. The van der Waals surface area contributed by atoms with Crippen LogP contribution in [0.3, 0.4) is 0 Å². The molecular weight excluding hydrogens is 354 g/mol. The fraction of sp³-hybridized carbons (Fsp3) is 0.478. The third-order valence-electron chi connectivity index (χ3n) is 5.50. The summed E-state index contributed by atoms with van der Waals surface area (Å²) in [7, 11) is 3.34. The molecule has 0 spiro atoms. The molecule has 2 aromatic rings. The highest BCUT2D eigenvalue weighted by atomic mass is 16.5. The Labute approximate surface area is 167 Å². The number of benzene rings is 2. The zero-order valence-electron chi connectivity index (χ0n) is 16.8. The molecule has 1 fully saturated rings. The summed E-state index contributed by atoms with van der Waals surface area (Å²) in [6, 6.07) is 12.7. The Morgan fingerprint density at radius 3 is 2.50 bits per heavy atom. The number of methoxy groups -OCH3 is 2. The SMILES string of the molecule is COc1ccc(CN(Cc2ccc3c(c2)CCO3)C[C@H]2CCCO2)cc1OC. The Balaban J connectivity index is 1.51. The first-order valence-electron chi connectivity index (χ1n) is 10.0. The van der Waals surface area contributed by atoms with Crippen LogP contribution in [0.4, 0.5) is 0 Å². The van der Waals surface area contributed by atoms with Crippen LogP contribution in [-0.4, -0.2) is 45.0 Å². The molecule has 4 rings (SSSR count). The maximum Gasteiger partial charge on any atom is 0.161 e. The molecule has 0 aliphatic carbocycles. The minimum atomic E-state index is 0.318. The first kappa shape index (κ1) is 19.1. The van der Waals surface area contributed by atoms with Crippen LogP contribution in [0, 0.1) is 0 Å². The van der Waals surface area contributed by atoms with Gasteiger partial charge in [-0.1, -0.05) is 18.2 Å². The largest absolute Gasteiger partial charge is 0.493 e. The van der Waals surface area contributed by atoms with Crippen LogP contribution in [0.5, 0.6) is 17.2 Å². The molecule has 5 nitrogen and oxygen atoms in total. The molecule has 0 saturated carbocycles. The number of fused-ring (bicyclic) bond motifs is 1. The van der Waals surface area contributed by atoms with Crippen molar-refractivity contribution in [2.75, 3.05) is 34.0 Å². The molecule has 2 aliphatic heterocycles. The summed E-state index contributed by atoms with van der Waals surface area (Å²) in [4.78, 5) is 2.47. The van der Waals surface area contributed by atoms with Crippen molar-refractivity contribution in [3.8, 4) is 17.2 Å². The van der Waals surface area contributed by atoms with E-state index in [1.807, 2.05) is 6.07 Å². The van der Waals surface area contributed by atoms with Gasteiger partial charge in [-0.2, -0.15) is 0 Å². The first-order valence-corrected chi connectivity index (χ1v) is 10.0. The fourth-order valence-corrected chi connectivity index (χ4v) is 4.09. The predicted octanol–water partition coefficient (Wildman–Crippen LogP) is 3.82. The molecule has 0 aromatic heterocycles. The lowest BCUT2D eigenvalue weighted by atomic mass is 10.1. The molecular formula is C23H29NO4. The minimum absolute atomic E-state index is 0.318. The molecule has 150 valence electrons. The molecule has 0 N–H and O–H groups in total. The number of nitrogens with zero attached hydrogens (tertiary/aromatic N) is 1. The molecule has 0 radical (unpaired) electrons. The summed E-state index contributed by atoms with van der Waals surface area (Å²) in [6.45, 7) is 4.34. The lowest BCUT2D eigenvalue weighted by molar-refractivity contribution is 0.0679. The summed E-state index contributed by atoms with van der Waals surface area (Å²) in [6.07, 6.45) is 3.62. The van der Waals surface area contributed by atoms with E-state index in [0.29, 0.717) is 6.10 Å². The van der Waals surface area contributed by atoms with E-state index in [1.165, 1.54) is 16.7 Å². The van der Waals surface area contributed by atoms with Crippen molar-refractivity contribution < 1.29 is 18.9 Å². The van der Waals surface area contributed by atoms with E-state index in [0.717, 1.165) is 69.4 Å². The third-order valence-corrected chi connectivity index (χ3v) is 5.50. The van der Waals surface area contributed by atoms with Gasteiger partial charge in [-0.15, -0.1) is 0 Å². The molecule has 28 heavy (non-hydrogen) atoms. The smallest absolute Gasteiger partial charge is 0.161 e. The summed E-state index contributed by atoms with van der Waals surface area (Å²) in [5.41, 5.74) is 3.85. The Kier molecular flexibility index (Phi) is 6.03. The van der Waals surface area contributed by atoms with Gasteiger partial charge in [-0.05, 0) is 47.7 Å². The first-order chi connectivity index (χ1) is 13.7. The van der Waals surface area contributed by atoms with Gasteiger partial charge in [0.05, 0.1) is 26.9 Å². The van der Waals surface area contributed by atoms with Crippen molar-refractivity contribution in [2.45, 2.75) is 38.5 Å². The van der Waals surface area contributed by atoms with Gasteiger partial charge in [0, 0.05) is 32.7 Å². The van der Waals surface area contributed by atoms with Gasteiger partial charge in [-0.3, -0.25) is 4.90 Å². The van der Waals surface area contributed by atoms with Crippen molar-refractivity contribution in [1.29, 1.82) is 0 Å². The van der Waals surface area contributed by atoms with Crippen molar-refractivity contribution in [3.05, 3.63) is 53.1 Å². The van der Waals surface area contributed by atoms with Crippen molar-refractivity contribution in [2.24, 2.45) is 0 Å². The van der Waals surface area contributed by atoms with Gasteiger partial charge in [0.1, 0.15) is 5.75 Å². The lowest BCUT2D eigenvalue weighted by Crippen LogP contribution is -2.31. The fourth-order valence-electron chi connectivity index (χ4n) is 4.09. The van der Waals surface area contributed by atoms with Crippen LogP contribution in [0.15, 0.2) is 36.4 Å². The van der Waals surface area contributed by atoms with E-state index in [1.54, 1.807) is 14.2 Å². The summed E-state index contributed by atoms with van der Waals surface area (Å²) < 4.78 is 22.4. The van der Waals surface area contributed by atoms with Gasteiger partial charge in [-0.25, -0.2) is 0 Å². The normalized spacial score (nSPS) is 18.2. The molecule has 2 aliphatic rings. The van der Waals surface area contributed by atoms with Gasteiger partial charge in [0.2, 0.25) is 0 Å². The minimum Gasteiger partial charge on any atom is -0.493 e. The van der Waals surface area contributed by atoms with Gasteiger partial charge >= 0.3 is 0 Å². The lowest BCUT2D eigenvalue weighted by Gasteiger charge is -2.26. The number of rotatable bonds is 8. The molecule has 0 amide bonds. The third kappa shape index (κ3) is 4.42. The Morgan fingerprint density at radius 2 is 1.75 bits per heavy atom. The van der Waals surface area contributed by atoms with Crippen LogP contribution >= 0.6 is 0 Å². The molecule has 0 bridgehead atoms. The highest BCUT2D eigenvalue weighted by Crippen LogP contribution is 2.30. The maximum atomic E-state index is 5.91. The number of hydrogen-bond donors (Lipinski definition) is 0. The molecule has 5 heteroatoms. The summed E-state index contributed by atoms with van der Waals surface area (Å²) in [5.74, 6) is 2.57. The Bertz CT molecular complexity index is 801. The van der Waals surface area contributed by atoms with Crippen molar-refractivity contribution >= 4 is 0 Å².